The molecule has 1 aliphatic carbocycles. The number of aryl methyl sites for hydroxylation is 1. The highest BCUT2D eigenvalue weighted by Crippen LogP contribution is 2.49. The molecule has 1 atom stereocenters. The first kappa shape index (κ1) is 22.4. The molecular weight excluding hydrogens is 453 g/mol. The molecule has 1 heterocycles. The van der Waals surface area contributed by atoms with E-state index in [-0.39, 0.29) is 29.4 Å². The fourth-order valence-electron chi connectivity index (χ4n) is 3.58. The molecule has 6 heteroatoms. The van der Waals surface area contributed by atoms with Gasteiger partial charge in [0.15, 0.2) is 5.96 Å². The minimum atomic E-state index is 0. The molecule has 1 saturated heterocycles. The number of halogens is 1. The third-order valence-electron chi connectivity index (χ3n) is 5.31. The van der Waals surface area contributed by atoms with E-state index in [1.807, 2.05) is 0 Å². The largest absolute Gasteiger partial charge is 0.379 e. The van der Waals surface area contributed by atoms with Crippen LogP contribution in [0.2, 0.25) is 0 Å². The normalized spacial score (nSPS) is 20.8. The Morgan fingerprint density at radius 3 is 2.78 bits per heavy atom. The lowest BCUT2D eigenvalue weighted by molar-refractivity contribution is 0.0420. The number of hydrogen-bond acceptors (Lipinski definition) is 3. The summed E-state index contributed by atoms with van der Waals surface area (Å²) in [6, 6.07) is 8.73. The molecule has 0 radical (unpaired) electrons. The number of nitrogens with zero attached hydrogens (tertiary/aromatic N) is 1. The second kappa shape index (κ2) is 11.2. The van der Waals surface area contributed by atoms with E-state index in [1.54, 1.807) is 0 Å². The first-order valence-corrected chi connectivity index (χ1v) is 10.0. The number of benzene rings is 1. The van der Waals surface area contributed by atoms with Crippen LogP contribution in [0.15, 0.2) is 29.3 Å². The first-order valence-electron chi connectivity index (χ1n) is 10.0. The molecular formula is C21H34IN3O2. The van der Waals surface area contributed by atoms with E-state index in [4.69, 9.17) is 14.5 Å². The van der Waals surface area contributed by atoms with Crippen LogP contribution in [0.4, 0.5) is 0 Å². The van der Waals surface area contributed by atoms with Crippen molar-refractivity contribution in [3.05, 3.63) is 35.4 Å². The van der Waals surface area contributed by atoms with E-state index in [0.717, 1.165) is 58.3 Å². The van der Waals surface area contributed by atoms with Gasteiger partial charge in [-0.3, -0.25) is 4.99 Å². The zero-order valence-electron chi connectivity index (χ0n) is 16.6. The van der Waals surface area contributed by atoms with Crippen LogP contribution in [0, 0.1) is 6.92 Å². The van der Waals surface area contributed by atoms with Gasteiger partial charge < -0.3 is 20.1 Å². The van der Waals surface area contributed by atoms with Crippen molar-refractivity contribution in [2.24, 2.45) is 4.99 Å². The highest BCUT2D eigenvalue weighted by Gasteiger charge is 2.44. The standard InChI is InChI=1S/C21H33N3O2.HI/c1-3-22-20(23-12-6-13-26-18-9-14-25-15-18)24-16-21(10-11-21)19-8-5-4-7-17(19)2;/h4-5,7-8,18H,3,6,9-16H2,1-2H3,(H2,22,23,24);1H. The number of rotatable bonds is 9. The predicted molar refractivity (Wildman–Crippen MR) is 121 cm³/mol. The highest BCUT2D eigenvalue weighted by molar-refractivity contribution is 14.0. The molecule has 0 spiro atoms. The average molecular weight is 487 g/mol. The maximum absolute atomic E-state index is 5.81. The summed E-state index contributed by atoms with van der Waals surface area (Å²) in [7, 11) is 0. The summed E-state index contributed by atoms with van der Waals surface area (Å²) in [6.07, 6.45) is 4.76. The summed E-state index contributed by atoms with van der Waals surface area (Å²) in [5.74, 6) is 0.913. The van der Waals surface area contributed by atoms with Crippen molar-refractivity contribution >= 4 is 29.9 Å². The molecule has 0 bridgehead atoms. The summed E-state index contributed by atoms with van der Waals surface area (Å²) >= 11 is 0. The van der Waals surface area contributed by atoms with Gasteiger partial charge in [0.2, 0.25) is 0 Å². The van der Waals surface area contributed by atoms with Gasteiger partial charge in [-0.1, -0.05) is 24.3 Å². The van der Waals surface area contributed by atoms with Crippen LogP contribution in [0.3, 0.4) is 0 Å². The van der Waals surface area contributed by atoms with E-state index in [1.165, 1.54) is 24.0 Å². The Morgan fingerprint density at radius 1 is 1.30 bits per heavy atom. The lowest BCUT2D eigenvalue weighted by Gasteiger charge is -2.18. The zero-order valence-corrected chi connectivity index (χ0v) is 19.0. The van der Waals surface area contributed by atoms with Crippen molar-refractivity contribution in [3.63, 3.8) is 0 Å². The Morgan fingerprint density at radius 2 is 2.11 bits per heavy atom. The van der Waals surface area contributed by atoms with Crippen molar-refractivity contribution in [1.82, 2.24) is 10.6 Å². The smallest absolute Gasteiger partial charge is 0.191 e. The second-order valence-electron chi connectivity index (χ2n) is 7.43. The van der Waals surface area contributed by atoms with Gasteiger partial charge in [-0.05, 0) is 50.7 Å². The van der Waals surface area contributed by atoms with Crippen molar-refractivity contribution in [2.75, 3.05) is 39.5 Å². The molecule has 1 aromatic rings. The maximum atomic E-state index is 5.81. The first-order chi connectivity index (χ1) is 12.7. The zero-order chi connectivity index (χ0) is 18.2. The van der Waals surface area contributed by atoms with Gasteiger partial charge in [-0.25, -0.2) is 0 Å². The molecule has 0 aromatic heterocycles. The van der Waals surface area contributed by atoms with Gasteiger partial charge in [0.25, 0.3) is 0 Å². The van der Waals surface area contributed by atoms with E-state index >= 15 is 0 Å². The van der Waals surface area contributed by atoms with Crippen molar-refractivity contribution < 1.29 is 9.47 Å². The Balaban J connectivity index is 0.00000261. The second-order valence-corrected chi connectivity index (χ2v) is 7.43. The Kier molecular flexibility index (Phi) is 9.32. The number of nitrogens with one attached hydrogen (secondary N) is 2. The molecule has 1 aliphatic heterocycles. The van der Waals surface area contributed by atoms with Crippen LogP contribution < -0.4 is 10.6 Å². The molecule has 1 unspecified atom stereocenters. The van der Waals surface area contributed by atoms with Crippen LogP contribution in [-0.2, 0) is 14.9 Å². The van der Waals surface area contributed by atoms with E-state index in [2.05, 4.69) is 48.7 Å². The van der Waals surface area contributed by atoms with Gasteiger partial charge in [0.05, 0.1) is 19.3 Å². The Bertz CT molecular complexity index is 599. The molecule has 1 aromatic carbocycles. The minimum Gasteiger partial charge on any atom is -0.379 e. The van der Waals surface area contributed by atoms with Crippen LogP contribution in [0.5, 0.6) is 0 Å². The van der Waals surface area contributed by atoms with E-state index < -0.39 is 0 Å². The third-order valence-corrected chi connectivity index (χ3v) is 5.31. The molecule has 0 amide bonds. The van der Waals surface area contributed by atoms with Crippen LogP contribution in [0.25, 0.3) is 0 Å². The summed E-state index contributed by atoms with van der Waals surface area (Å²) in [6.45, 7) is 9.26. The fourth-order valence-corrected chi connectivity index (χ4v) is 3.58. The molecule has 2 N–H and O–H groups in total. The molecule has 2 fully saturated rings. The lowest BCUT2D eigenvalue weighted by atomic mass is 9.92. The number of guanidine groups is 1. The summed E-state index contributed by atoms with van der Waals surface area (Å²) in [5, 5.41) is 6.80. The number of hydrogen-bond donors (Lipinski definition) is 2. The van der Waals surface area contributed by atoms with Gasteiger partial charge in [0, 0.05) is 31.7 Å². The summed E-state index contributed by atoms with van der Waals surface area (Å²) in [5.41, 5.74) is 3.09. The quantitative estimate of drug-likeness (QED) is 0.243. The minimum absolute atomic E-state index is 0. The Hall–Kier alpha value is -0.860. The topological polar surface area (TPSA) is 54.9 Å². The fraction of sp³-hybridized carbons (Fsp3) is 0.667. The molecule has 152 valence electrons. The number of aliphatic imine (C=N–C) groups is 1. The predicted octanol–water partition coefficient (Wildman–Crippen LogP) is 3.40. The molecule has 27 heavy (non-hydrogen) atoms. The van der Waals surface area contributed by atoms with E-state index in [9.17, 15) is 0 Å². The van der Waals surface area contributed by atoms with E-state index in [0.29, 0.717) is 6.10 Å². The SMILES string of the molecule is CCNC(=NCC1(c2ccccc2C)CC1)NCCCOC1CCOC1.I. The molecule has 1 saturated carbocycles. The molecule has 2 aliphatic rings. The van der Waals surface area contributed by atoms with Crippen LogP contribution >= 0.6 is 24.0 Å². The van der Waals surface area contributed by atoms with Gasteiger partial charge in [-0.15, -0.1) is 24.0 Å². The Labute approximate surface area is 180 Å². The van der Waals surface area contributed by atoms with Gasteiger partial charge in [-0.2, -0.15) is 0 Å². The van der Waals surface area contributed by atoms with Crippen molar-refractivity contribution in [2.45, 2.75) is 51.0 Å². The summed E-state index contributed by atoms with van der Waals surface area (Å²) in [4.78, 5) is 4.87. The lowest BCUT2D eigenvalue weighted by Crippen LogP contribution is -2.38. The highest BCUT2D eigenvalue weighted by atomic mass is 127. The number of ether oxygens (including phenoxy) is 2. The van der Waals surface area contributed by atoms with Gasteiger partial charge in [0.1, 0.15) is 0 Å². The van der Waals surface area contributed by atoms with Gasteiger partial charge >= 0.3 is 0 Å². The third kappa shape index (κ3) is 6.61. The van der Waals surface area contributed by atoms with Crippen molar-refractivity contribution in [3.8, 4) is 0 Å². The monoisotopic (exact) mass is 487 g/mol. The van der Waals surface area contributed by atoms with Crippen molar-refractivity contribution in [1.29, 1.82) is 0 Å². The molecule has 5 nitrogen and oxygen atoms in total. The van der Waals surface area contributed by atoms with Crippen LogP contribution in [0.1, 0.15) is 43.7 Å². The maximum Gasteiger partial charge on any atom is 0.191 e. The van der Waals surface area contributed by atoms with Crippen LogP contribution in [-0.4, -0.2) is 51.5 Å². The average Bonchev–Trinajstić information content (AvgIpc) is 3.25. The molecule has 3 rings (SSSR count). The summed E-state index contributed by atoms with van der Waals surface area (Å²) < 4.78 is 11.1.